The van der Waals surface area contributed by atoms with Gasteiger partial charge in [-0.05, 0) is 50.8 Å². The van der Waals surface area contributed by atoms with Crippen LogP contribution in [0.2, 0.25) is 0 Å². The zero-order valence-corrected chi connectivity index (χ0v) is 12.8. The predicted octanol–water partition coefficient (Wildman–Crippen LogP) is 3.59. The van der Waals surface area contributed by atoms with E-state index in [1.807, 2.05) is 7.05 Å². The predicted molar refractivity (Wildman–Crippen MR) is 78.6 cm³/mol. The molecule has 0 spiro atoms. The van der Waals surface area contributed by atoms with E-state index in [9.17, 15) is 0 Å². The monoisotopic (exact) mass is 249 g/mol. The van der Waals surface area contributed by atoms with Crippen LogP contribution in [0.15, 0.2) is 12.1 Å². The van der Waals surface area contributed by atoms with Crippen LogP contribution < -0.4 is 10.1 Å². The summed E-state index contributed by atoms with van der Waals surface area (Å²) in [4.78, 5) is 0. The molecule has 1 atom stereocenters. The fourth-order valence-electron chi connectivity index (χ4n) is 2.56. The normalized spacial score (nSPS) is 13.5. The number of rotatable bonds is 5. The van der Waals surface area contributed by atoms with Crippen LogP contribution in [-0.4, -0.2) is 20.2 Å². The summed E-state index contributed by atoms with van der Waals surface area (Å²) in [6.07, 6.45) is 1.09. The summed E-state index contributed by atoms with van der Waals surface area (Å²) < 4.78 is 5.64. The summed E-state index contributed by atoms with van der Waals surface area (Å²) in [5.41, 5.74) is 3.94. The second-order valence-corrected chi connectivity index (χ2v) is 5.87. The van der Waals surface area contributed by atoms with Crippen LogP contribution in [0.4, 0.5) is 0 Å². The third-order valence-corrected chi connectivity index (χ3v) is 3.92. The molecule has 102 valence electrons. The number of ether oxygens (including phenoxy) is 1. The first-order valence-electron chi connectivity index (χ1n) is 6.65. The summed E-state index contributed by atoms with van der Waals surface area (Å²) in [6.45, 7) is 11.1. The van der Waals surface area contributed by atoms with Gasteiger partial charge in [0.05, 0.1) is 7.11 Å². The standard InChI is InChI=1S/C16H27NO/c1-11-8-9-14(15(18-7)13(11)3)16(4,5)10-12(2)17-6/h8-9,12,17H,10H2,1-7H3. The van der Waals surface area contributed by atoms with E-state index in [0.717, 1.165) is 12.2 Å². The van der Waals surface area contributed by atoms with Crippen LogP contribution in [0.3, 0.4) is 0 Å². The van der Waals surface area contributed by atoms with E-state index in [4.69, 9.17) is 4.74 Å². The van der Waals surface area contributed by atoms with Crippen LogP contribution in [-0.2, 0) is 5.41 Å². The highest BCUT2D eigenvalue weighted by molar-refractivity contribution is 5.48. The lowest BCUT2D eigenvalue weighted by molar-refractivity contribution is 0.363. The van der Waals surface area contributed by atoms with Crippen LogP contribution in [0, 0.1) is 13.8 Å². The molecule has 1 unspecified atom stereocenters. The highest BCUT2D eigenvalue weighted by Crippen LogP contribution is 2.38. The van der Waals surface area contributed by atoms with Crippen LogP contribution >= 0.6 is 0 Å². The molecule has 1 aromatic carbocycles. The maximum absolute atomic E-state index is 5.64. The van der Waals surface area contributed by atoms with Crippen molar-refractivity contribution in [1.29, 1.82) is 0 Å². The molecule has 0 aromatic heterocycles. The van der Waals surface area contributed by atoms with Crippen molar-refractivity contribution >= 4 is 0 Å². The average molecular weight is 249 g/mol. The molecule has 1 rings (SSSR count). The van der Waals surface area contributed by atoms with E-state index >= 15 is 0 Å². The van der Waals surface area contributed by atoms with Gasteiger partial charge in [0.25, 0.3) is 0 Å². The number of aryl methyl sites for hydroxylation is 1. The van der Waals surface area contributed by atoms with E-state index in [1.165, 1.54) is 16.7 Å². The number of benzene rings is 1. The molecule has 0 amide bonds. The van der Waals surface area contributed by atoms with Crippen LogP contribution in [0.5, 0.6) is 5.75 Å². The lowest BCUT2D eigenvalue weighted by atomic mass is 9.78. The molecule has 0 saturated heterocycles. The summed E-state index contributed by atoms with van der Waals surface area (Å²) >= 11 is 0. The first-order valence-corrected chi connectivity index (χ1v) is 6.65. The molecule has 0 aliphatic heterocycles. The van der Waals surface area contributed by atoms with Gasteiger partial charge in [0, 0.05) is 11.6 Å². The Morgan fingerprint density at radius 1 is 1.28 bits per heavy atom. The molecule has 0 aliphatic carbocycles. The lowest BCUT2D eigenvalue weighted by Crippen LogP contribution is -2.31. The minimum atomic E-state index is 0.103. The molecule has 1 aromatic rings. The summed E-state index contributed by atoms with van der Waals surface area (Å²) in [6, 6.07) is 4.90. The SMILES string of the molecule is CNC(C)CC(C)(C)c1ccc(C)c(C)c1OC. The van der Waals surface area contributed by atoms with Crippen molar-refractivity contribution in [3.8, 4) is 5.75 Å². The Morgan fingerprint density at radius 3 is 2.39 bits per heavy atom. The first-order chi connectivity index (χ1) is 8.33. The van der Waals surface area contributed by atoms with Crippen LogP contribution in [0.1, 0.15) is 43.9 Å². The molecular weight excluding hydrogens is 222 g/mol. The number of nitrogens with one attached hydrogen (secondary N) is 1. The Labute approximate surface area is 112 Å². The highest BCUT2D eigenvalue weighted by atomic mass is 16.5. The van der Waals surface area contributed by atoms with Crippen molar-refractivity contribution < 1.29 is 4.74 Å². The molecule has 0 radical (unpaired) electrons. The quantitative estimate of drug-likeness (QED) is 0.861. The molecule has 0 saturated carbocycles. The molecule has 0 fully saturated rings. The zero-order valence-electron chi connectivity index (χ0n) is 12.8. The summed E-state index contributed by atoms with van der Waals surface area (Å²) in [7, 11) is 3.78. The van der Waals surface area contributed by atoms with Gasteiger partial charge in [0.15, 0.2) is 0 Å². The molecule has 0 bridgehead atoms. The summed E-state index contributed by atoms with van der Waals surface area (Å²) in [5.74, 6) is 1.04. The fraction of sp³-hybridized carbons (Fsp3) is 0.625. The van der Waals surface area contributed by atoms with Gasteiger partial charge in [-0.25, -0.2) is 0 Å². The number of hydrogen-bond donors (Lipinski definition) is 1. The number of methoxy groups -OCH3 is 1. The Bertz CT molecular complexity index is 410. The Kier molecular flexibility index (Phi) is 4.80. The second kappa shape index (κ2) is 5.75. The lowest BCUT2D eigenvalue weighted by Gasteiger charge is -2.31. The smallest absolute Gasteiger partial charge is 0.125 e. The van der Waals surface area contributed by atoms with Gasteiger partial charge in [-0.1, -0.05) is 26.0 Å². The minimum absolute atomic E-state index is 0.103. The fourth-order valence-corrected chi connectivity index (χ4v) is 2.56. The van der Waals surface area contributed by atoms with E-state index < -0.39 is 0 Å². The van der Waals surface area contributed by atoms with Gasteiger partial charge in [0.1, 0.15) is 5.75 Å². The van der Waals surface area contributed by atoms with E-state index in [1.54, 1.807) is 7.11 Å². The molecule has 0 aliphatic rings. The molecule has 2 heteroatoms. The van der Waals surface area contributed by atoms with Gasteiger partial charge in [-0.15, -0.1) is 0 Å². The average Bonchev–Trinajstić information content (AvgIpc) is 2.31. The van der Waals surface area contributed by atoms with Crippen molar-refractivity contribution in [1.82, 2.24) is 5.32 Å². The van der Waals surface area contributed by atoms with Crippen molar-refractivity contribution in [3.63, 3.8) is 0 Å². The third kappa shape index (κ3) is 3.05. The van der Waals surface area contributed by atoms with Gasteiger partial charge in [0.2, 0.25) is 0 Å². The van der Waals surface area contributed by atoms with Gasteiger partial charge in [-0.2, -0.15) is 0 Å². The van der Waals surface area contributed by atoms with Gasteiger partial charge >= 0.3 is 0 Å². The largest absolute Gasteiger partial charge is 0.496 e. The van der Waals surface area contributed by atoms with E-state index in [2.05, 4.69) is 52.1 Å². The number of hydrogen-bond acceptors (Lipinski definition) is 2. The maximum atomic E-state index is 5.64. The summed E-state index contributed by atoms with van der Waals surface area (Å²) in [5, 5.41) is 3.31. The second-order valence-electron chi connectivity index (χ2n) is 5.87. The Balaban J connectivity index is 3.19. The third-order valence-electron chi connectivity index (χ3n) is 3.92. The first kappa shape index (κ1) is 15.0. The van der Waals surface area contributed by atoms with Crippen LogP contribution in [0.25, 0.3) is 0 Å². The van der Waals surface area contributed by atoms with Gasteiger partial charge < -0.3 is 10.1 Å². The van der Waals surface area contributed by atoms with Crippen molar-refractivity contribution in [3.05, 3.63) is 28.8 Å². The highest BCUT2D eigenvalue weighted by Gasteiger charge is 2.27. The zero-order chi connectivity index (χ0) is 13.9. The topological polar surface area (TPSA) is 21.3 Å². The molecule has 0 heterocycles. The van der Waals surface area contributed by atoms with E-state index in [-0.39, 0.29) is 5.41 Å². The molecular formula is C16H27NO. The minimum Gasteiger partial charge on any atom is -0.496 e. The van der Waals surface area contributed by atoms with Gasteiger partial charge in [-0.3, -0.25) is 0 Å². The Hall–Kier alpha value is -1.02. The van der Waals surface area contributed by atoms with E-state index in [0.29, 0.717) is 6.04 Å². The maximum Gasteiger partial charge on any atom is 0.125 e. The molecule has 18 heavy (non-hydrogen) atoms. The van der Waals surface area contributed by atoms with Crippen molar-refractivity contribution in [2.45, 2.75) is 52.5 Å². The van der Waals surface area contributed by atoms with Crippen molar-refractivity contribution in [2.75, 3.05) is 14.2 Å². The molecule has 1 N–H and O–H groups in total. The molecule has 2 nitrogen and oxygen atoms in total. The van der Waals surface area contributed by atoms with Crippen molar-refractivity contribution in [2.24, 2.45) is 0 Å². The Morgan fingerprint density at radius 2 is 1.89 bits per heavy atom.